The summed E-state index contributed by atoms with van der Waals surface area (Å²) in [7, 11) is 1.62. The van der Waals surface area contributed by atoms with Gasteiger partial charge in [-0.15, -0.1) is 0 Å². The Morgan fingerprint density at radius 1 is 0.674 bits per heavy atom. The molecule has 3 aromatic carbocycles. The maximum atomic E-state index is 13.9. The van der Waals surface area contributed by atoms with Crippen LogP contribution in [0.2, 0.25) is 0 Å². The summed E-state index contributed by atoms with van der Waals surface area (Å²) >= 11 is 0. The molecule has 1 unspecified atom stereocenters. The first-order chi connectivity index (χ1) is 20.6. The average molecular weight is 582 g/mol. The minimum Gasteiger partial charge on any atom is -0.497 e. The Labute approximate surface area is 253 Å². The Bertz CT molecular complexity index is 1550. The van der Waals surface area contributed by atoms with Crippen molar-refractivity contribution in [3.8, 4) is 5.75 Å². The first kappa shape index (κ1) is 30.2. The highest BCUT2D eigenvalue weighted by atomic mass is 16.5. The summed E-state index contributed by atoms with van der Waals surface area (Å²) in [6.07, 6.45) is 1.65. The molecule has 0 bridgehead atoms. The Kier molecular flexibility index (Phi) is 8.51. The number of amides is 4. The lowest BCUT2D eigenvalue weighted by Gasteiger charge is -2.40. The second-order valence-electron chi connectivity index (χ2n) is 12.1. The SMILES string of the molecule is COc1ccc(CC2(C)C(=O)N(CCCNCCCN3C(=O)c4ccccc4C(C)(C)C3=O)C(=O)c3ccccc32)cc1. The molecular weight excluding hydrogens is 542 g/mol. The zero-order valence-electron chi connectivity index (χ0n) is 25.3. The Morgan fingerprint density at radius 3 is 1.77 bits per heavy atom. The number of imide groups is 2. The van der Waals surface area contributed by atoms with Gasteiger partial charge < -0.3 is 10.1 Å². The smallest absolute Gasteiger partial charge is 0.260 e. The summed E-state index contributed by atoms with van der Waals surface area (Å²) in [5.41, 5.74) is 2.01. The maximum Gasteiger partial charge on any atom is 0.260 e. The van der Waals surface area contributed by atoms with Gasteiger partial charge in [-0.3, -0.25) is 29.0 Å². The van der Waals surface area contributed by atoms with Crippen LogP contribution >= 0.6 is 0 Å². The predicted octanol–water partition coefficient (Wildman–Crippen LogP) is 4.51. The Morgan fingerprint density at radius 2 is 1.19 bits per heavy atom. The molecule has 1 atom stereocenters. The van der Waals surface area contributed by atoms with Gasteiger partial charge >= 0.3 is 0 Å². The molecule has 0 aromatic heterocycles. The van der Waals surface area contributed by atoms with Crippen LogP contribution in [-0.4, -0.2) is 66.7 Å². The van der Waals surface area contributed by atoms with Crippen molar-refractivity contribution in [1.82, 2.24) is 15.1 Å². The molecule has 5 rings (SSSR count). The summed E-state index contributed by atoms with van der Waals surface area (Å²) in [6.45, 7) is 7.43. The van der Waals surface area contributed by atoms with E-state index in [4.69, 9.17) is 4.74 Å². The number of nitrogens with zero attached hydrogens (tertiary/aromatic N) is 2. The average Bonchev–Trinajstić information content (AvgIpc) is 3.02. The third-order valence-electron chi connectivity index (χ3n) is 8.76. The molecule has 4 amide bonds. The molecule has 3 aromatic rings. The molecule has 0 aliphatic carbocycles. The highest BCUT2D eigenvalue weighted by Gasteiger charge is 2.47. The normalized spacial score (nSPS) is 19.3. The fourth-order valence-electron chi connectivity index (χ4n) is 6.28. The monoisotopic (exact) mass is 581 g/mol. The van der Waals surface area contributed by atoms with Gasteiger partial charge in [-0.1, -0.05) is 48.5 Å². The van der Waals surface area contributed by atoms with Gasteiger partial charge in [-0.2, -0.15) is 0 Å². The van der Waals surface area contributed by atoms with Gasteiger partial charge in [0.15, 0.2) is 0 Å². The van der Waals surface area contributed by atoms with Crippen molar-refractivity contribution < 1.29 is 23.9 Å². The van der Waals surface area contributed by atoms with E-state index in [0.717, 1.165) is 22.4 Å². The van der Waals surface area contributed by atoms with Gasteiger partial charge in [0.1, 0.15) is 5.75 Å². The van der Waals surface area contributed by atoms with E-state index in [2.05, 4.69) is 5.32 Å². The van der Waals surface area contributed by atoms with E-state index in [1.54, 1.807) is 19.2 Å². The van der Waals surface area contributed by atoms with E-state index in [0.29, 0.717) is 56.6 Å². The van der Waals surface area contributed by atoms with Crippen LogP contribution in [0.4, 0.5) is 0 Å². The van der Waals surface area contributed by atoms with Crippen molar-refractivity contribution in [2.75, 3.05) is 33.3 Å². The number of carbonyl (C=O) groups is 4. The highest BCUT2D eigenvalue weighted by Crippen LogP contribution is 2.38. The van der Waals surface area contributed by atoms with Crippen LogP contribution in [0, 0.1) is 0 Å². The number of nitrogens with one attached hydrogen (secondary N) is 1. The summed E-state index contributed by atoms with van der Waals surface area (Å²) < 4.78 is 5.28. The van der Waals surface area contributed by atoms with Crippen molar-refractivity contribution in [3.05, 3.63) is 101 Å². The van der Waals surface area contributed by atoms with Gasteiger partial charge in [0.25, 0.3) is 11.8 Å². The molecule has 2 aliphatic heterocycles. The van der Waals surface area contributed by atoms with E-state index >= 15 is 0 Å². The molecule has 224 valence electrons. The minimum absolute atomic E-state index is 0.184. The molecule has 2 aliphatic rings. The first-order valence-electron chi connectivity index (χ1n) is 14.8. The molecule has 8 nitrogen and oxygen atoms in total. The highest BCUT2D eigenvalue weighted by molar-refractivity contribution is 6.13. The number of benzene rings is 3. The van der Waals surface area contributed by atoms with Gasteiger partial charge in [0.05, 0.1) is 17.9 Å². The van der Waals surface area contributed by atoms with Crippen molar-refractivity contribution >= 4 is 23.6 Å². The van der Waals surface area contributed by atoms with Crippen LogP contribution < -0.4 is 10.1 Å². The van der Waals surface area contributed by atoms with E-state index in [1.165, 1.54) is 9.80 Å². The molecule has 2 heterocycles. The zero-order valence-corrected chi connectivity index (χ0v) is 25.3. The number of rotatable bonds is 11. The van der Waals surface area contributed by atoms with E-state index in [1.807, 2.05) is 81.4 Å². The van der Waals surface area contributed by atoms with Crippen LogP contribution in [0.15, 0.2) is 72.8 Å². The summed E-state index contributed by atoms with van der Waals surface area (Å²) in [5, 5.41) is 3.34. The molecule has 0 radical (unpaired) electrons. The molecule has 0 fully saturated rings. The number of carbonyl (C=O) groups excluding carboxylic acids is 4. The van der Waals surface area contributed by atoms with Gasteiger partial charge in [-0.25, -0.2) is 0 Å². The second-order valence-corrected chi connectivity index (χ2v) is 12.1. The lowest BCUT2D eigenvalue weighted by molar-refractivity contribution is -0.135. The number of methoxy groups -OCH3 is 1. The predicted molar refractivity (Wildman–Crippen MR) is 164 cm³/mol. The molecule has 0 spiro atoms. The van der Waals surface area contributed by atoms with E-state index in [-0.39, 0.29) is 23.6 Å². The van der Waals surface area contributed by atoms with Crippen LogP contribution in [0.3, 0.4) is 0 Å². The third kappa shape index (κ3) is 5.59. The molecular formula is C35H39N3O5. The summed E-state index contributed by atoms with van der Waals surface area (Å²) in [6, 6.07) is 22.3. The number of fused-ring (bicyclic) bond motifs is 2. The number of hydrogen-bond donors (Lipinski definition) is 1. The first-order valence-corrected chi connectivity index (χ1v) is 14.8. The molecule has 8 heteroatoms. The molecule has 43 heavy (non-hydrogen) atoms. The van der Waals surface area contributed by atoms with E-state index < -0.39 is 10.8 Å². The van der Waals surface area contributed by atoms with Crippen LogP contribution in [-0.2, 0) is 26.8 Å². The quantitative estimate of drug-likeness (QED) is 0.265. The Hall–Kier alpha value is -4.30. The lowest BCUT2D eigenvalue weighted by Crippen LogP contribution is -2.54. The molecule has 0 saturated heterocycles. The molecule has 0 saturated carbocycles. The van der Waals surface area contributed by atoms with Gasteiger partial charge in [0, 0.05) is 24.2 Å². The Balaban J connectivity index is 1.17. The maximum absolute atomic E-state index is 13.9. The van der Waals surface area contributed by atoms with Crippen LogP contribution in [0.25, 0.3) is 0 Å². The summed E-state index contributed by atoms with van der Waals surface area (Å²) in [4.78, 5) is 56.1. The number of hydrogen-bond acceptors (Lipinski definition) is 6. The van der Waals surface area contributed by atoms with Crippen molar-refractivity contribution in [2.24, 2.45) is 0 Å². The second kappa shape index (κ2) is 12.1. The van der Waals surface area contributed by atoms with Crippen molar-refractivity contribution in [1.29, 1.82) is 0 Å². The molecule has 1 N–H and O–H groups in total. The van der Waals surface area contributed by atoms with Crippen LogP contribution in [0.5, 0.6) is 5.75 Å². The standard InChI is InChI=1S/C35H39N3O5/c1-34(2)28-13-7-5-11-26(28)30(39)37(32(34)41)21-9-19-36-20-10-22-38-31(40)27-12-6-8-14-29(27)35(3,33(38)42)23-24-15-17-25(43-4)18-16-24/h5-8,11-18,36H,9-10,19-23H2,1-4H3. The topological polar surface area (TPSA) is 96.0 Å². The van der Waals surface area contributed by atoms with Crippen molar-refractivity contribution in [3.63, 3.8) is 0 Å². The lowest BCUT2D eigenvalue weighted by atomic mass is 9.71. The fraction of sp³-hybridized carbons (Fsp3) is 0.371. The van der Waals surface area contributed by atoms with E-state index in [9.17, 15) is 19.2 Å². The van der Waals surface area contributed by atoms with Crippen molar-refractivity contribution in [2.45, 2.75) is 50.9 Å². The fourth-order valence-corrected chi connectivity index (χ4v) is 6.28. The number of ether oxygens (including phenoxy) is 1. The largest absolute Gasteiger partial charge is 0.497 e. The minimum atomic E-state index is -0.883. The zero-order chi connectivity index (χ0) is 30.8. The van der Waals surface area contributed by atoms with Crippen LogP contribution in [0.1, 0.15) is 71.0 Å². The van der Waals surface area contributed by atoms with Gasteiger partial charge in [0.2, 0.25) is 11.8 Å². The van der Waals surface area contributed by atoms with Gasteiger partial charge in [-0.05, 0) is 94.1 Å². The summed E-state index contributed by atoms with van der Waals surface area (Å²) in [5.74, 6) is -0.150. The third-order valence-corrected chi connectivity index (χ3v) is 8.76.